The van der Waals surface area contributed by atoms with Crippen LogP contribution in [-0.4, -0.2) is 45.7 Å². The average Bonchev–Trinajstić information content (AvgIpc) is 2.36. The molecule has 100 valence electrons. The van der Waals surface area contributed by atoms with E-state index in [0.717, 1.165) is 25.3 Å². The predicted octanol–water partition coefficient (Wildman–Crippen LogP) is 2.26. The molecule has 2 rings (SSSR count). The minimum atomic E-state index is 0.192. The number of thioether (sulfide) groups is 1. The van der Waals surface area contributed by atoms with Gasteiger partial charge in [0, 0.05) is 24.1 Å². The first-order valence-corrected chi connectivity index (χ1v) is 7.52. The quantitative estimate of drug-likeness (QED) is 0.847. The Bertz CT molecular complexity index is 407. The Morgan fingerprint density at radius 1 is 1.44 bits per heavy atom. The molecule has 1 atom stereocenters. The molecule has 1 saturated heterocycles. The van der Waals surface area contributed by atoms with E-state index >= 15 is 0 Å². The maximum absolute atomic E-state index is 5.91. The van der Waals surface area contributed by atoms with Crippen LogP contribution >= 0.6 is 23.4 Å². The maximum Gasteiger partial charge on any atom is 0.322 e. The molecule has 1 aromatic heterocycles. The van der Waals surface area contributed by atoms with E-state index in [1.165, 1.54) is 0 Å². The zero-order valence-corrected chi connectivity index (χ0v) is 12.2. The largest absolute Gasteiger partial charge is 0.463 e. The molecule has 0 aromatic carbocycles. The molecule has 1 aromatic rings. The van der Waals surface area contributed by atoms with Crippen molar-refractivity contribution in [2.45, 2.75) is 25.5 Å². The van der Waals surface area contributed by atoms with Gasteiger partial charge in [-0.05, 0) is 18.0 Å². The Morgan fingerprint density at radius 3 is 3.00 bits per heavy atom. The average molecular weight is 289 g/mol. The number of ether oxygens (including phenoxy) is 1. The number of aromatic nitrogens is 3. The van der Waals surface area contributed by atoms with Crippen LogP contribution in [-0.2, 0) is 0 Å². The third-order valence-corrected chi connectivity index (χ3v) is 3.84. The van der Waals surface area contributed by atoms with Crippen molar-refractivity contribution in [3.63, 3.8) is 0 Å². The molecule has 18 heavy (non-hydrogen) atoms. The number of nitrogens with zero attached hydrogens (tertiary/aromatic N) is 4. The first kappa shape index (κ1) is 13.7. The van der Waals surface area contributed by atoms with Crippen LogP contribution in [0.1, 0.15) is 20.3 Å². The molecule has 0 amide bonds. The van der Waals surface area contributed by atoms with Crippen molar-refractivity contribution >= 4 is 29.3 Å². The number of hydrogen-bond donors (Lipinski definition) is 0. The lowest BCUT2D eigenvalue weighted by Crippen LogP contribution is -2.37. The van der Waals surface area contributed by atoms with Crippen LogP contribution in [0.15, 0.2) is 0 Å². The summed E-state index contributed by atoms with van der Waals surface area (Å²) in [6.07, 6.45) is 0.913. The summed E-state index contributed by atoms with van der Waals surface area (Å²) in [5, 5.41) is 0.770. The fraction of sp³-hybridized carbons (Fsp3) is 0.727. The number of hydrogen-bond acceptors (Lipinski definition) is 6. The molecule has 2 heterocycles. The first-order valence-electron chi connectivity index (χ1n) is 6.10. The smallest absolute Gasteiger partial charge is 0.322 e. The summed E-state index contributed by atoms with van der Waals surface area (Å²) in [5.41, 5.74) is 0. The fourth-order valence-electron chi connectivity index (χ4n) is 1.72. The van der Waals surface area contributed by atoms with Crippen molar-refractivity contribution in [2.24, 2.45) is 0 Å². The van der Waals surface area contributed by atoms with Crippen molar-refractivity contribution in [1.82, 2.24) is 15.0 Å². The molecular weight excluding hydrogens is 272 g/mol. The molecule has 1 unspecified atom stereocenters. The Morgan fingerprint density at radius 2 is 2.28 bits per heavy atom. The van der Waals surface area contributed by atoms with Gasteiger partial charge in [-0.3, -0.25) is 0 Å². The number of halogens is 1. The van der Waals surface area contributed by atoms with E-state index in [1.54, 1.807) is 0 Å². The van der Waals surface area contributed by atoms with E-state index in [2.05, 4.69) is 26.8 Å². The first-order chi connectivity index (χ1) is 8.69. The molecular formula is C11H17ClN4OS. The lowest BCUT2D eigenvalue weighted by Gasteiger charge is -2.30. The second-order valence-corrected chi connectivity index (χ2v) is 6.05. The van der Waals surface area contributed by atoms with Crippen LogP contribution in [0, 0.1) is 0 Å². The van der Waals surface area contributed by atoms with Crippen LogP contribution in [0.4, 0.5) is 5.95 Å². The van der Waals surface area contributed by atoms with Gasteiger partial charge in [-0.1, -0.05) is 13.8 Å². The molecule has 5 nitrogen and oxygen atoms in total. The molecule has 0 spiro atoms. The van der Waals surface area contributed by atoms with Gasteiger partial charge in [0.1, 0.15) is 0 Å². The van der Waals surface area contributed by atoms with E-state index in [4.69, 9.17) is 16.3 Å². The topological polar surface area (TPSA) is 51.1 Å². The lowest BCUT2D eigenvalue weighted by molar-refractivity contribution is 0.291. The summed E-state index contributed by atoms with van der Waals surface area (Å²) >= 11 is 7.87. The summed E-state index contributed by atoms with van der Waals surface area (Å²) < 4.78 is 5.42. The highest BCUT2D eigenvalue weighted by Crippen LogP contribution is 2.23. The summed E-state index contributed by atoms with van der Waals surface area (Å²) in [6, 6.07) is 0.317. The van der Waals surface area contributed by atoms with Gasteiger partial charge >= 0.3 is 6.01 Å². The van der Waals surface area contributed by atoms with Crippen LogP contribution in [0.25, 0.3) is 0 Å². The molecule has 1 aliphatic rings. The molecule has 0 radical (unpaired) electrons. The van der Waals surface area contributed by atoms with Gasteiger partial charge in [0.25, 0.3) is 0 Å². The molecule has 0 saturated carbocycles. The van der Waals surface area contributed by atoms with Gasteiger partial charge in [-0.25, -0.2) is 0 Å². The summed E-state index contributed by atoms with van der Waals surface area (Å²) in [6.45, 7) is 6.69. The highest BCUT2D eigenvalue weighted by atomic mass is 35.5. The third kappa shape index (κ3) is 3.62. The molecule has 7 heteroatoms. The Labute approximate surface area is 116 Å². The fourth-order valence-corrected chi connectivity index (χ4v) is 2.88. The van der Waals surface area contributed by atoms with E-state index in [9.17, 15) is 0 Å². The maximum atomic E-state index is 5.91. The van der Waals surface area contributed by atoms with Gasteiger partial charge in [0.15, 0.2) is 0 Å². The van der Waals surface area contributed by atoms with Gasteiger partial charge in [-0.2, -0.15) is 26.7 Å². The van der Waals surface area contributed by atoms with Gasteiger partial charge in [0.05, 0.1) is 6.61 Å². The lowest BCUT2D eigenvalue weighted by atomic mass is 10.4. The Kier molecular flexibility index (Phi) is 4.88. The number of rotatable bonds is 4. The zero-order valence-electron chi connectivity index (χ0n) is 10.6. The molecule has 0 N–H and O–H groups in total. The minimum Gasteiger partial charge on any atom is -0.463 e. The predicted molar refractivity (Wildman–Crippen MR) is 74.8 cm³/mol. The van der Waals surface area contributed by atoms with Crippen molar-refractivity contribution in [3.05, 3.63) is 5.28 Å². The van der Waals surface area contributed by atoms with Crippen LogP contribution in [0.3, 0.4) is 0 Å². The summed E-state index contributed by atoms with van der Waals surface area (Å²) in [4.78, 5) is 14.6. The normalized spacial score (nSPS) is 19.9. The van der Waals surface area contributed by atoms with Crippen molar-refractivity contribution in [2.75, 3.05) is 30.3 Å². The van der Waals surface area contributed by atoms with Crippen LogP contribution < -0.4 is 9.64 Å². The van der Waals surface area contributed by atoms with Crippen molar-refractivity contribution < 1.29 is 4.74 Å². The van der Waals surface area contributed by atoms with E-state index in [0.29, 0.717) is 23.8 Å². The second kappa shape index (κ2) is 6.43. The highest BCUT2D eigenvalue weighted by Gasteiger charge is 2.20. The van der Waals surface area contributed by atoms with Crippen molar-refractivity contribution in [1.29, 1.82) is 0 Å². The molecule has 0 bridgehead atoms. The SMILES string of the molecule is CCCOc1nc(Cl)nc(N2CCSC(C)C2)n1. The Balaban J connectivity index is 2.13. The van der Waals surface area contributed by atoms with Crippen LogP contribution in [0.2, 0.25) is 5.28 Å². The van der Waals surface area contributed by atoms with Crippen molar-refractivity contribution in [3.8, 4) is 6.01 Å². The Hall–Kier alpha value is -0.750. The van der Waals surface area contributed by atoms with E-state index in [-0.39, 0.29) is 5.28 Å². The van der Waals surface area contributed by atoms with Crippen LogP contribution in [0.5, 0.6) is 6.01 Å². The van der Waals surface area contributed by atoms with Gasteiger partial charge in [0.2, 0.25) is 11.2 Å². The second-order valence-electron chi connectivity index (χ2n) is 4.16. The minimum absolute atomic E-state index is 0.192. The molecule has 1 aliphatic heterocycles. The number of anilines is 1. The van der Waals surface area contributed by atoms with Gasteiger partial charge < -0.3 is 9.64 Å². The molecule has 1 fully saturated rings. The standard InChI is InChI=1S/C11H17ClN4OS/c1-3-5-17-11-14-9(12)13-10(15-11)16-4-6-18-8(2)7-16/h8H,3-7H2,1-2H3. The van der Waals surface area contributed by atoms with E-state index in [1.807, 2.05) is 18.7 Å². The van der Waals surface area contributed by atoms with Gasteiger partial charge in [-0.15, -0.1) is 0 Å². The van der Waals surface area contributed by atoms with E-state index < -0.39 is 0 Å². The molecule has 0 aliphatic carbocycles. The highest BCUT2D eigenvalue weighted by molar-refractivity contribution is 8.00. The summed E-state index contributed by atoms with van der Waals surface area (Å²) in [5.74, 6) is 1.70. The summed E-state index contributed by atoms with van der Waals surface area (Å²) in [7, 11) is 0. The third-order valence-electron chi connectivity index (χ3n) is 2.54. The zero-order chi connectivity index (χ0) is 13.0. The monoisotopic (exact) mass is 288 g/mol.